The molecular formula is C17H30IN5O. The van der Waals surface area contributed by atoms with Crippen LogP contribution in [-0.4, -0.2) is 73.7 Å². The van der Waals surface area contributed by atoms with Crippen molar-refractivity contribution in [3.05, 3.63) is 24.5 Å². The van der Waals surface area contributed by atoms with Crippen LogP contribution in [0.1, 0.15) is 13.8 Å². The van der Waals surface area contributed by atoms with Gasteiger partial charge >= 0.3 is 0 Å². The van der Waals surface area contributed by atoms with Gasteiger partial charge in [-0.2, -0.15) is 0 Å². The Labute approximate surface area is 162 Å². The molecule has 1 aromatic rings. The van der Waals surface area contributed by atoms with E-state index in [1.54, 1.807) is 12.4 Å². The molecule has 0 unspecified atom stereocenters. The molecule has 1 aliphatic heterocycles. The van der Waals surface area contributed by atoms with Crippen molar-refractivity contribution in [2.45, 2.75) is 13.8 Å². The SMILES string of the molecule is CN=C(NCCOc1cccnc1)N1CCN(CC(C)C)CC1.I. The average Bonchev–Trinajstić information content (AvgIpc) is 2.56. The van der Waals surface area contributed by atoms with Crippen LogP contribution in [0.5, 0.6) is 5.75 Å². The smallest absolute Gasteiger partial charge is 0.193 e. The first-order valence-corrected chi connectivity index (χ1v) is 8.40. The average molecular weight is 447 g/mol. The number of nitrogens with one attached hydrogen (secondary N) is 1. The fourth-order valence-corrected chi connectivity index (χ4v) is 2.76. The van der Waals surface area contributed by atoms with E-state index in [9.17, 15) is 0 Å². The zero-order chi connectivity index (χ0) is 16.5. The van der Waals surface area contributed by atoms with E-state index >= 15 is 0 Å². The van der Waals surface area contributed by atoms with E-state index in [2.05, 4.69) is 38.9 Å². The number of aromatic nitrogens is 1. The molecule has 0 saturated carbocycles. The highest BCUT2D eigenvalue weighted by Gasteiger charge is 2.19. The molecule has 2 rings (SSSR count). The van der Waals surface area contributed by atoms with Gasteiger partial charge in [0, 0.05) is 46.0 Å². The number of hydrogen-bond donors (Lipinski definition) is 1. The quantitative estimate of drug-likeness (QED) is 0.313. The molecule has 1 aliphatic rings. The van der Waals surface area contributed by atoms with Crippen molar-refractivity contribution in [3.63, 3.8) is 0 Å². The van der Waals surface area contributed by atoms with E-state index in [0.29, 0.717) is 6.61 Å². The number of ether oxygens (including phenoxy) is 1. The lowest BCUT2D eigenvalue weighted by Gasteiger charge is -2.37. The summed E-state index contributed by atoms with van der Waals surface area (Å²) in [5, 5.41) is 3.38. The number of halogens is 1. The van der Waals surface area contributed by atoms with Gasteiger partial charge in [0.15, 0.2) is 5.96 Å². The molecule has 0 aromatic carbocycles. The Balaban J connectivity index is 0.00000288. The largest absolute Gasteiger partial charge is 0.490 e. The number of aliphatic imine (C=N–C) groups is 1. The Bertz CT molecular complexity index is 475. The number of guanidine groups is 1. The standard InChI is InChI=1S/C17H29N5O.HI/c1-15(2)14-21-8-10-22(11-9-21)17(18-3)20-7-12-23-16-5-4-6-19-13-16;/h4-6,13,15H,7-12,14H2,1-3H3,(H,18,20);1H. The number of rotatable bonds is 6. The molecule has 0 atom stereocenters. The second kappa shape index (κ2) is 11.5. The summed E-state index contributed by atoms with van der Waals surface area (Å²) in [4.78, 5) is 13.3. The van der Waals surface area contributed by atoms with Crippen LogP contribution in [0.15, 0.2) is 29.5 Å². The molecule has 1 fully saturated rings. The summed E-state index contributed by atoms with van der Waals surface area (Å²) in [6.07, 6.45) is 3.47. The molecule has 136 valence electrons. The van der Waals surface area contributed by atoms with Crippen LogP contribution in [0.2, 0.25) is 0 Å². The van der Waals surface area contributed by atoms with Crippen LogP contribution in [0.25, 0.3) is 0 Å². The number of nitrogens with zero attached hydrogens (tertiary/aromatic N) is 4. The second-order valence-corrected chi connectivity index (χ2v) is 6.19. The first-order chi connectivity index (χ1) is 11.2. The summed E-state index contributed by atoms with van der Waals surface area (Å²) < 4.78 is 5.64. The predicted octanol–water partition coefficient (Wildman–Crippen LogP) is 1.93. The molecule has 24 heavy (non-hydrogen) atoms. The van der Waals surface area contributed by atoms with Gasteiger partial charge in [-0.3, -0.25) is 14.9 Å². The maximum atomic E-state index is 5.64. The third kappa shape index (κ3) is 7.21. The Hall–Kier alpha value is -1.09. The van der Waals surface area contributed by atoms with Gasteiger partial charge in [0.25, 0.3) is 0 Å². The van der Waals surface area contributed by atoms with Gasteiger partial charge in [-0.1, -0.05) is 13.8 Å². The van der Waals surface area contributed by atoms with Crippen LogP contribution >= 0.6 is 24.0 Å². The fourth-order valence-electron chi connectivity index (χ4n) is 2.76. The van der Waals surface area contributed by atoms with Crippen LogP contribution in [0.4, 0.5) is 0 Å². The highest BCUT2D eigenvalue weighted by atomic mass is 127. The van der Waals surface area contributed by atoms with Crippen molar-refractivity contribution in [2.75, 3.05) is 52.9 Å². The van der Waals surface area contributed by atoms with Gasteiger partial charge in [-0.05, 0) is 18.1 Å². The maximum absolute atomic E-state index is 5.64. The maximum Gasteiger partial charge on any atom is 0.193 e. The molecule has 2 heterocycles. The first kappa shape index (κ1) is 21.0. The van der Waals surface area contributed by atoms with Gasteiger partial charge in [-0.25, -0.2) is 0 Å². The van der Waals surface area contributed by atoms with Crippen molar-refractivity contribution in [3.8, 4) is 5.75 Å². The van der Waals surface area contributed by atoms with Crippen LogP contribution in [0.3, 0.4) is 0 Å². The van der Waals surface area contributed by atoms with E-state index in [0.717, 1.165) is 50.4 Å². The van der Waals surface area contributed by atoms with Crippen LogP contribution in [-0.2, 0) is 0 Å². The van der Waals surface area contributed by atoms with Gasteiger partial charge in [0.2, 0.25) is 0 Å². The van der Waals surface area contributed by atoms with E-state index in [1.165, 1.54) is 6.54 Å². The Morgan fingerprint density at radius 2 is 2.08 bits per heavy atom. The summed E-state index contributed by atoms with van der Waals surface area (Å²) in [5.74, 6) is 2.49. The molecular weight excluding hydrogens is 417 g/mol. The summed E-state index contributed by atoms with van der Waals surface area (Å²) in [6, 6.07) is 3.79. The normalized spacial score (nSPS) is 16.0. The summed E-state index contributed by atoms with van der Waals surface area (Å²) in [7, 11) is 1.84. The van der Waals surface area contributed by atoms with Crippen LogP contribution in [0, 0.1) is 5.92 Å². The number of hydrogen-bond acceptors (Lipinski definition) is 4. The fraction of sp³-hybridized carbons (Fsp3) is 0.647. The molecule has 0 spiro atoms. The zero-order valence-electron chi connectivity index (χ0n) is 14.9. The molecule has 1 N–H and O–H groups in total. The minimum absolute atomic E-state index is 0. The highest BCUT2D eigenvalue weighted by Crippen LogP contribution is 2.06. The van der Waals surface area contributed by atoms with Gasteiger partial charge in [0.1, 0.15) is 12.4 Å². The van der Waals surface area contributed by atoms with Crippen LogP contribution < -0.4 is 10.1 Å². The zero-order valence-corrected chi connectivity index (χ0v) is 17.3. The Kier molecular flexibility index (Phi) is 10.0. The monoisotopic (exact) mass is 447 g/mol. The Morgan fingerprint density at radius 1 is 1.33 bits per heavy atom. The lowest BCUT2D eigenvalue weighted by Crippen LogP contribution is -2.53. The van der Waals surface area contributed by atoms with Crippen molar-refractivity contribution in [1.29, 1.82) is 0 Å². The van der Waals surface area contributed by atoms with Crippen molar-refractivity contribution < 1.29 is 4.74 Å². The van der Waals surface area contributed by atoms with E-state index in [4.69, 9.17) is 4.74 Å². The second-order valence-electron chi connectivity index (χ2n) is 6.19. The lowest BCUT2D eigenvalue weighted by molar-refractivity contribution is 0.163. The Morgan fingerprint density at radius 3 is 2.67 bits per heavy atom. The first-order valence-electron chi connectivity index (χ1n) is 8.40. The molecule has 0 bridgehead atoms. The van der Waals surface area contributed by atoms with Gasteiger partial charge in [0.05, 0.1) is 12.7 Å². The molecule has 0 aliphatic carbocycles. The van der Waals surface area contributed by atoms with Crippen molar-refractivity contribution >= 4 is 29.9 Å². The number of pyridine rings is 1. The van der Waals surface area contributed by atoms with Gasteiger partial charge < -0.3 is 15.0 Å². The summed E-state index contributed by atoms with van der Waals surface area (Å²) in [5.41, 5.74) is 0. The summed E-state index contributed by atoms with van der Waals surface area (Å²) >= 11 is 0. The van der Waals surface area contributed by atoms with Crippen molar-refractivity contribution in [2.24, 2.45) is 10.9 Å². The van der Waals surface area contributed by atoms with E-state index in [-0.39, 0.29) is 24.0 Å². The topological polar surface area (TPSA) is 53.0 Å². The van der Waals surface area contributed by atoms with E-state index in [1.807, 2.05) is 19.2 Å². The minimum atomic E-state index is 0. The number of piperazine rings is 1. The molecule has 7 heteroatoms. The molecule has 1 aromatic heterocycles. The molecule has 0 radical (unpaired) electrons. The highest BCUT2D eigenvalue weighted by molar-refractivity contribution is 14.0. The lowest BCUT2D eigenvalue weighted by atomic mass is 10.2. The third-order valence-corrected chi connectivity index (χ3v) is 3.80. The molecule has 6 nitrogen and oxygen atoms in total. The third-order valence-electron chi connectivity index (χ3n) is 3.80. The van der Waals surface area contributed by atoms with Crippen molar-refractivity contribution in [1.82, 2.24) is 20.1 Å². The predicted molar refractivity (Wildman–Crippen MR) is 109 cm³/mol. The van der Waals surface area contributed by atoms with E-state index < -0.39 is 0 Å². The molecule has 1 saturated heterocycles. The molecule has 0 amide bonds. The minimum Gasteiger partial charge on any atom is -0.490 e. The summed E-state index contributed by atoms with van der Waals surface area (Å²) in [6.45, 7) is 11.3. The van der Waals surface area contributed by atoms with Gasteiger partial charge in [-0.15, -0.1) is 24.0 Å².